The van der Waals surface area contributed by atoms with E-state index in [9.17, 15) is 13.2 Å². The molecule has 0 aliphatic heterocycles. The second kappa shape index (κ2) is 7.31. The molecule has 8 heteroatoms. The highest BCUT2D eigenvalue weighted by atomic mass is 32.2. The number of hydrogen-bond donors (Lipinski definition) is 2. The Bertz CT molecular complexity index is 780. The first kappa shape index (κ1) is 16.9. The third-order valence-electron chi connectivity index (χ3n) is 4.11. The Balaban J connectivity index is 1.62. The van der Waals surface area contributed by atoms with Gasteiger partial charge in [-0.2, -0.15) is 0 Å². The molecule has 1 saturated carbocycles. The number of rotatable bonds is 6. The summed E-state index contributed by atoms with van der Waals surface area (Å²) < 4.78 is 26.9. The summed E-state index contributed by atoms with van der Waals surface area (Å²) in [6.07, 6.45) is 6.33. The van der Waals surface area contributed by atoms with Crippen LogP contribution in [-0.4, -0.2) is 25.9 Å². The first-order chi connectivity index (χ1) is 11.5. The number of carbonyl (C=O) groups excluding carboxylic acids is 1. The number of sulfonamides is 1. The molecule has 0 bridgehead atoms. The van der Waals surface area contributed by atoms with Crippen molar-refractivity contribution < 1.29 is 13.2 Å². The first-order valence-electron chi connectivity index (χ1n) is 7.85. The minimum atomic E-state index is -3.68. The topological polar surface area (TPSA) is 88.2 Å². The first-order valence-corrected chi connectivity index (χ1v) is 10.2. The summed E-state index contributed by atoms with van der Waals surface area (Å²) in [6, 6.07) is 5.92. The lowest BCUT2D eigenvalue weighted by Gasteiger charge is -2.11. The molecule has 1 aliphatic rings. The van der Waals surface area contributed by atoms with E-state index in [2.05, 4.69) is 15.0 Å². The molecule has 0 atom stereocenters. The zero-order valence-electron chi connectivity index (χ0n) is 13.1. The van der Waals surface area contributed by atoms with Crippen LogP contribution in [0.1, 0.15) is 36.0 Å². The zero-order valence-corrected chi connectivity index (χ0v) is 14.7. The van der Waals surface area contributed by atoms with Crippen LogP contribution >= 0.6 is 11.3 Å². The molecule has 1 fully saturated rings. The Morgan fingerprint density at radius 1 is 1.21 bits per heavy atom. The van der Waals surface area contributed by atoms with Gasteiger partial charge in [0.25, 0.3) is 15.9 Å². The van der Waals surface area contributed by atoms with Crippen molar-refractivity contribution in [1.82, 2.24) is 10.3 Å². The van der Waals surface area contributed by atoms with Gasteiger partial charge in [0.15, 0.2) is 5.13 Å². The fourth-order valence-electron chi connectivity index (χ4n) is 2.79. The standard InChI is InChI=1S/C16H19N3O3S2/c20-15(18-11-12-3-1-2-4-12)13-5-7-14(8-6-13)24(21,22)19-16-17-9-10-23-16/h5-10,12H,1-4,11H2,(H,17,19)(H,18,20). The van der Waals surface area contributed by atoms with E-state index in [1.807, 2.05) is 0 Å². The van der Waals surface area contributed by atoms with Crippen molar-refractivity contribution in [1.29, 1.82) is 0 Å². The number of nitrogens with one attached hydrogen (secondary N) is 2. The maximum absolute atomic E-state index is 12.2. The van der Waals surface area contributed by atoms with Crippen molar-refractivity contribution in [3.8, 4) is 0 Å². The van der Waals surface area contributed by atoms with Crippen LogP contribution in [0.2, 0.25) is 0 Å². The Morgan fingerprint density at radius 3 is 2.54 bits per heavy atom. The lowest BCUT2D eigenvalue weighted by atomic mass is 10.1. The summed E-state index contributed by atoms with van der Waals surface area (Å²) in [5, 5.41) is 4.93. The monoisotopic (exact) mass is 365 g/mol. The molecule has 0 spiro atoms. The lowest BCUT2D eigenvalue weighted by Crippen LogP contribution is -2.28. The normalized spacial score (nSPS) is 15.3. The number of hydrogen-bond acceptors (Lipinski definition) is 5. The molecule has 6 nitrogen and oxygen atoms in total. The van der Waals surface area contributed by atoms with E-state index in [4.69, 9.17) is 0 Å². The fraction of sp³-hybridized carbons (Fsp3) is 0.375. The summed E-state index contributed by atoms with van der Waals surface area (Å²) in [5.41, 5.74) is 0.459. The van der Waals surface area contributed by atoms with Crippen molar-refractivity contribution in [3.05, 3.63) is 41.4 Å². The highest BCUT2D eigenvalue weighted by molar-refractivity contribution is 7.93. The van der Waals surface area contributed by atoms with E-state index in [0.29, 0.717) is 23.2 Å². The summed E-state index contributed by atoms with van der Waals surface area (Å²) in [6.45, 7) is 0.685. The molecular weight excluding hydrogens is 346 g/mol. The van der Waals surface area contributed by atoms with Crippen molar-refractivity contribution in [2.45, 2.75) is 30.6 Å². The average Bonchev–Trinajstić information content (AvgIpc) is 3.26. The maximum Gasteiger partial charge on any atom is 0.263 e. The third-order valence-corrected chi connectivity index (χ3v) is 6.28. The molecule has 0 saturated heterocycles. The Labute approximate surface area is 145 Å². The molecule has 2 N–H and O–H groups in total. The van der Waals surface area contributed by atoms with Gasteiger partial charge >= 0.3 is 0 Å². The molecule has 1 heterocycles. The summed E-state index contributed by atoms with van der Waals surface area (Å²) in [7, 11) is -3.68. The molecule has 128 valence electrons. The van der Waals surface area contributed by atoms with Crippen molar-refractivity contribution in [2.24, 2.45) is 5.92 Å². The minimum absolute atomic E-state index is 0.102. The van der Waals surface area contributed by atoms with Gasteiger partial charge in [0.1, 0.15) is 0 Å². The SMILES string of the molecule is O=C(NCC1CCCC1)c1ccc(S(=O)(=O)Nc2nccs2)cc1. The quantitative estimate of drug-likeness (QED) is 0.824. The second-order valence-corrected chi connectivity index (χ2v) is 8.40. The predicted molar refractivity (Wildman–Crippen MR) is 93.7 cm³/mol. The number of aromatic nitrogens is 1. The molecule has 0 unspecified atom stereocenters. The lowest BCUT2D eigenvalue weighted by molar-refractivity contribution is 0.0947. The number of thiazole rings is 1. The molecule has 2 aromatic rings. The van der Waals surface area contributed by atoms with Gasteiger partial charge < -0.3 is 5.32 Å². The van der Waals surface area contributed by atoms with Crippen LogP contribution in [0.4, 0.5) is 5.13 Å². The second-order valence-electron chi connectivity index (χ2n) is 5.83. The van der Waals surface area contributed by atoms with Crippen LogP contribution in [0, 0.1) is 5.92 Å². The van der Waals surface area contributed by atoms with Crippen LogP contribution < -0.4 is 10.0 Å². The number of nitrogens with zero attached hydrogens (tertiary/aromatic N) is 1. The van der Waals surface area contributed by atoms with Crippen LogP contribution in [0.15, 0.2) is 40.7 Å². The van der Waals surface area contributed by atoms with E-state index in [1.54, 1.807) is 5.38 Å². The highest BCUT2D eigenvalue weighted by Crippen LogP contribution is 2.24. The van der Waals surface area contributed by atoms with Crippen LogP contribution in [0.3, 0.4) is 0 Å². The highest BCUT2D eigenvalue weighted by Gasteiger charge is 2.18. The smallest absolute Gasteiger partial charge is 0.263 e. The van der Waals surface area contributed by atoms with Gasteiger partial charge in [-0.15, -0.1) is 11.3 Å². The zero-order chi connectivity index (χ0) is 17.0. The number of amides is 1. The number of anilines is 1. The van der Waals surface area contributed by atoms with Crippen molar-refractivity contribution in [3.63, 3.8) is 0 Å². The molecule has 3 rings (SSSR count). The Morgan fingerprint density at radius 2 is 1.92 bits per heavy atom. The van der Waals surface area contributed by atoms with Crippen molar-refractivity contribution in [2.75, 3.05) is 11.3 Å². The molecule has 1 aromatic heterocycles. The minimum Gasteiger partial charge on any atom is -0.352 e. The summed E-state index contributed by atoms with van der Waals surface area (Å²) in [5.74, 6) is 0.398. The van der Waals surface area contributed by atoms with E-state index < -0.39 is 10.0 Å². The number of benzene rings is 1. The van der Waals surface area contributed by atoms with Gasteiger partial charge in [-0.1, -0.05) is 12.8 Å². The van der Waals surface area contributed by atoms with Crippen molar-refractivity contribution >= 4 is 32.4 Å². The Kier molecular flexibility index (Phi) is 5.15. The van der Waals surface area contributed by atoms with Gasteiger partial charge in [-0.3, -0.25) is 9.52 Å². The maximum atomic E-state index is 12.2. The van der Waals surface area contributed by atoms with Gasteiger partial charge in [0.2, 0.25) is 0 Å². The van der Waals surface area contributed by atoms with E-state index in [-0.39, 0.29) is 10.8 Å². The Hall–Kier alpha value is -1.93. The number of carbonyl (C=O) groups is 1. The molecule has 1 aliphatic carbocycles. The van der Waals surface area contributed by atoms with E-state index >= 15 is 0 Å². The van der Waals surface area contributed by atoms with Gasteiger partial charge in [-0.25, -0.2) is 13.4 Å². The fourth-order valence-corrected chi connectivity index (χ4v) is 4.58. The van der Waals surface area contributed by atoms with Crippen LogP contribution in [-0.2, 0) is 10.0 Å². The molecular formula is C16H19N3O3S2. The summed E-state index contributed by atoms with van der Waals surface area (Å²) in [4.78, 5) is 16.1. The molecule has 0 radical (unpaired) electrons. The van der Waals surface area contributed by atoms with E-state index in [1.165, 1.54) is 67.5 Å². The van der Waals surface area contributed by atoms with Gasteiger partial charge in [0, 0.05) is 23.7 Å². The molecule has 1 amide bonds. The molecule has 1 aromatic carbocycles. The van der Waals surface area contributed by atoms with Gasteiger partial charge in [0.05, 0.1) is 4.90 Å². The van der Waals surface area contributed by atoms with Gasteiger partial charge in [-0.05, 0) is 43.0 Å². The summed E-state index contributed by atoms with van der Waals surface area (Å²) >= 11 is 1.21. The molecule has 24 heavy (non-hydrogen) atoms. The predicted octanol–water partition coefficient (Wildman–Crippen LogP) is 2.86. The largest absolute Gasteiger partial charge is 0.352 e. The van der Waals surface area contributed by atoms with Crippen LogP contribution in [0.25, 0.3) is 0 Å². The van der Waals surface area contributed by atoms with Crippen LogP contribution in [0.5, 0.6) is 0 Å². The average molecular weight is 365 g/mol. The third kappa shape index (κ3) is 4.12. The van der Waals surface area contributed by atoms with E-state index in [0.717, 1.165) is 0 Å².